The second-order valence-electron chi connectivity index (χ2n) is 6.96. The molecule has 1 aliphatic heterocycles. The zero-order valence-corrected chi connectivity index (χ0v) is 16.7. The summed E-state index contributed by atoms with van der Waals surface area (Å²) in [6.45, 7) is 3.53. The number of ketones is 1. The molecule has 0 N–H and O–H groups in total. The van der Waals surface area contributed by atoms with Crippen LogP contribution in [-0.2, 0) is 9.84 Å². The molecule has 0 aromatic heterocycles. The number of para-hydroxylation sites is 1. The van der Waals surface area contributed by atoms with Gasteiger partial charge in [0.05, 0.1) is 10.6 Å². The molecule has 0 saturated heterocycles. The van der Waals surface area contributed by atoms with Gasteiger partial charge in [0.25, 0.3) is 0 Å². The minimum atomic E-state index is -4.02. The Balaban J connectivity index is 1.92. The third kappa shape index (κ3) is 3.25. The molecule has 1 heterocycles. The molecule has 6 heteroatoms. The van der Waals surface area contributed by atoms with Gasteiger partial charge in [0.1, 0.15) is 10.7 Å². The number of carbonyl (C=O) groups is 1. The van der Waals surface area contributed by atoms with Gasteiger partial charge in [0, 0.05) is 17.5 Å². The van der Waals surface area contributed by atoms with E-state index in [0.717, 1.165) is 5.56 Å². The summed E-state index contributed by atoms with van der Waals surface area (Å²) in [4.78, 5) is 14.3. The predicted octanol–water partition coefficient (Wildman–Crippen LogP) is 5.09. The molecule has 3 aromatic rings. The topological polar surface area (TPSA) is 54.5 Å². The van der Waals surface area contributed by atoms with Gasteiger partial charge in [0.2, 0.25) is 15.6 Å². The number of carbonyl (C=O) groups excluding carboxylic acids is 1. The highest BCUT2D eigenvalue weighted by molar-refractivity contribution is 7.96. The summed E-state index contributed by atoms with van der Waals surface area (Å²) in [6.07, 6.45) is 1.28. The molecular formula is C23H18FNO3S. The lowest BCUT2D eigenvalue weighted by molar-refractivity contribution is 0.104. The standard InChI is InChI=1S/C23H18FNO3S/c1-15-7-10-17(11-8-15)23(26)22-14-25(18-12-9-16(2)19(24)13-18)20-5-3-4-6-21(20)29(22,27)28/h3-14H,1-2H3. The van der Waals surface area contributed by atoms with E-state index in [0.29, 0.717) is 16.9 Å². The molecule has 0 spiro atoms. The van der Waals surface area contributed by atoms with Crippen LogP contribution in [0.2, 0.25) is 0 Å². The first kappa shape index (κ1) is 19.1. The van der Waals surface area contributed by atoms with Crippen LogP contribution in [0.4, 0.5) is 15.8 Å². The minimum Gasteiger partial charge on any atom is -0.314 e. The van der Waals surface area contributed by atoms with E-state index >= 15 is 0 Å². The van der Waals surface area contributed by atoms with Gasteiger partial charge in [-0.05, 0) is 43.7 Å². The van der Waals surface area contributed by atoms with Crippen LogP contribution >= 0.6 is 0 Å². The number of hydrogen-bond acceptors (Lipinski definition) is 4. The average Bonchev–Trinajstić information content (AvgIpc) is 2.70. The van der Waals surface area contributed by atoms with Crippen molar-refractivity contribution in [3.63, 3.8) is 0 Å². The monoisotopic (exact) mass is 407 g/mol. The van der Waals surface area contributed by atoms with E-state index in [9.17, 15) is 17.6 Å². The lowest BCUT2D eigenvalue weighted by Gasteiger charge is -2.29. The van der Waals surface area contributed by atoms with E-state index < -0.39 is 21.4 Å². The number of hydrogen-bond donors (Lipinski definition) is 0. The Morgan fingerprint density at radius 1 is 0.931 bits per heavy atom. The Morgan fingerprint density at radius 2 is 1.62 bits per heavy atom. The fourth-order valence-corrected chi connectivity index (χ4v) is 4.77. The number of aryl methyl sites for hydroxylation is 2. The SMILES string of the molecule is Cc1ccc(C(=O)C2=CN(c3ccc(C)c(F)c3)c3ccccc3S2(=O)=O)cc1. The highest BCUT2D eigenvalue weighted by atomic mass is 32.2. The van der Waals surface area contributed by atoms with Crippen LogP contribution in [0.1, 0.15) is 21.5 Å². The summed E-state index contributed by atoms with van der Waals surface area (Å²) in [6, 6.07) is 17.7. The number of halogens is 1. The summed E-state index contributed by atoms with van der Waals surface area (Å²) < 4.78 is 40.6. The fraction of sp³-hybridized carbons (Fsp3) is 0.0870. The summed E-state index contributed by atoms with van der Waals surface area (Å²) in [7, 11) is -4.02. The number of nitrogens with zero attached hydrogens (tertiary/aromatic N) is 1. The van der Waals surface area contributed by atoms with E-state index in [1.807, 2.05) is 6.92 Å². The predicted molar refractivity (Wildman–Crippen MR) is 110 cm³/mol. The third-order valence-electron chi connectivity index (χ3n) is 4.92. The van der Waals surface area contributed by atoms with Crippen molar-refractivity contribution in [1.29, 1.82) is 0 Å². The van der Waals surface area contributed by atoms with Crippen molar-refractivity contribution in [3.05, 3.63) is 100 Å². The maximum absolute atomic E-state index is 14.2. The van der Waals surface area contributed by atoms with Gasteiger partial charge >= 0.3 is 0 Å². The summed E-state index contributed by atoms with van der Waals surface area (Å²) in [5, 5.41) is 0. The van der Waals surface area contributed by atoms with Gasteiger partial charge in [-0.2, -0.15) is 0 Å². The molecule has 146 valence electrons. The van der Waals surface area contributed by atoms with Crippen LogP contribution in [0.25, 0.3) is 0 Å². The first-order valence-corrected chi connectivity index (χ1v) is 10.5. The second kappa shape index (κ2) is 6.97. The minimum absolute atomic E-state index is 0.0129. The van der Waals surface area contributed by atoms with Crippen molar-refractivity contribution in [2.45, 2.75) is 18.7 Å². The summed E-state index contributed by atoms with van der Waals surface area (Å²) in [5.74, 6) is -1.01. The van der Waals surface area contributed by atoms with Gasteiger partial charge in [-0.15, -0.1) is 0 Å². The number of Topliss-reactive ketones (excluding diaryl/α,β-unsaturated/α-hetero) is 1. The Morgan fingerprint density at radius 3 is 2.31 bits per heavy atom. The molecular weight excluding hydrogens is 389 g/mol. The molecule has 1 aliphatic rings. The molecule has 29 heavy (non-hydrogen) atoms. The smallest absolute Gasteiger partial charge is 0.214 e. The Hall–Kier alpha value is -3.25. The molecule has 0 bridgehead atoms. The normalized spacial score (nSPS) is 14.9. The first-order valence-electron chi connectivity index (χ1n) is 9.02. The number of rotatable bonds is 3. The largest absolute Gasteiger partial charge is 0.314 e. The molecule has 4 rings (SSSR count). The lowest BCUT2D eigenvalue weighted by atomic mass is 10.1. The van der Waals surface area contributed by atoms with Crippen molar-refractivity contribution >= 4 is 27.0 Å². The average molecular weight is 407 g/mol. The Labute approximate surface area is 168 Å². The van der Waals surface area contributed by atoms with Crippen LogP contribution in [0.3, 0.4) is 0 Å². The van der Waals surface area contributed by atoms with Crippen molar-refractivity contribution in [3.8, 4) is 0 Å². The second-order valence-corrected chi connectivity index (χ2v) is 8.85. The first-order chi connectivity index (χ1) is 13.8. The highest BCUT2D eigenvalue weighted by Gasteiger charge is 2.36. The van der Waals surface area contributed by atoms with E-state index in [-0.39, 0.29) is 15.4 Å². The van der Waals surface area contributed by atoms with Gasteiger partial charge in [-0.3, -0.25) is 4.79 Å². The molecule has 4 nitrogen and oxygen atoms in total. The third-order valence-corrected chi connectivity index (χ3v) is 6.72. The summed E-state index contributed by atoms with van der Waals surface area (Å²) >= 11 is 0. The fourth-order valence-electron chi connectivity index (χ4n) is 3.23. The highest BCUT2D eigenvalue weighted by Crippen LogP contribution is 2.40. The Bertz CT molecular complexity index is 1260. The number of benzene rings is 3. The number of allylic oxidation sites excluding steroid dienone is 1. The van der Waals surface area contributed by atoms with Crippen LogP contribution in [0.5, 0.6) is 0 Å². The van der Waals surface area contributed by atoms with Gasteiger partial charge in [-0.25, -0.2) is 12.8 Å². The summed E-state index contributed by atoms with van der Waals surface area (Å²) in [5.41, 5.74) is 2.52. The van der Waals surface area contributed by atoms with E-state index in [4.69, 9.17) is 0 Å². The molecule has 0 unspecified atom stereocenters. The lowest BCUT2D eigenvalue weighted by Crippen LogP contribution is -2.25. The van der Waals surface area contributed by atoms with Gasteiger partial charge < -0.3 is 4.90 Å². The van der Waals surface area contributed by atoms with Gasteiger partial charge in [0.15, 0.2) is 0 Å². The zero-order valence-electron chi connectivity index (χ0n) is 15.9. The van der Waals surface area contributed by atoms with Crippen molar-refractivity contribution in [2.75, 3.05) is 4.90 Å². The van der Waals surface area contributed by atoms with E-state index in [2.05, 4.69) is 0 Å². The number of fused-ring (bicyclic) bond motifs is 1. The Kier molecular flexibility index (Phi) is 4.59. The van der Waals surface area contributed by atoms with Crippen LogP contribution in [0, 0.1) is 19.7 Å². The van der Waals surface area contributed by atoms with Crippen LogP contribution in [0.15, 0.2) is 82.7 Å². The van der Waals surface area contributed by atoms with Gasteiger partial charge in [-0.1, -0.05) is 48.0 Å². The van der Waals surface area contributed by atoms with E-state index in [1.165, 1.54) is 18.3 Å². The maximum atomic E-state index is 14.2. The van der Waals surface area contributed by atoms with Crippen molar-refractivity contribution < 1.29 is 17.6 Å². The molecule has 0 amide bonds. The zero-order chi connectivity index (χ0) is 20.8. The number of sulfone groups is 1. The molecule has 0 fully saturated rings. The molecule has 3 aromatic carbocycles. The number of anilines is 2. The van der Waals surface area contributed by atoms with Crippen molar-refractivity contribution in [2.24, 2.45) is 0 Å². The molecule has 0 atom stereocenters. The quantitative estimate of drug-likeness (QED) is 0.568. The molecule has 0 aliphatic carbocycles. The maximum Gasteiger partial charge on any atom is 0.214 e. The van der Waals surface area contributed by atoms with Crippen LogP contribution < -0.4 is 4.90 Å². The molecule has 0 radical (unpaired) electrons. The van der Waals surface area contributed by atoms with Crippen LogP contribution in [-0.4, -0.2) is 14.2 Å². The van der Waals surface area contributed by atoms with E-state index in [1.54, 1.807) is 66.4 Å². The molecule has 0 saturated carbocycles. The van der Waals surface area contributed by atoms with Crippen molar-refractivity contribution in [1.82, 2.24) is 0 Å².